The van der Waals surface area contributed by atoms with E-state index < -0.39 is 23.7 Å². The standard InChI is InChI=1S/C16H29NO5/c1-6-7-12-10-11(2)21-14(18)13(8-9-20-12)17-15(19)22-16(3,4)5/h11-13H,6-10H2,1-5H3,(H,17,19)/t11?,12?,13-/m0/s1. The van der Waals surface area contributed by atoms with Gasteiger partial charge in [0.15, 0.2) is 0 Å². The third-order valence-corrected chi connectivity index (χ3v) is 3.26. The fraction of sp³-hybridized carbons (Fsp3) is 0.875. The van der Waals surface area contributed by atoms with Crippen molar-refractivity contribution < 1.29 is 23.8 Å². The predicted octanol–water partition coefficient (Wildman–Crippen LogP) is 2.79. The second-order valence-electron chi connectivity index (χ2n) is 6.75. The molecule has 6 heteroatoms. The number of hydrogen-bond donors (Lipinski definition) is 1. The van der Waals surface area contributed by atoms with E-state index in [1.807, 2.05) is 6.92 Å². The molecule has 0 radical (unpaired) electrons. The topological polar surface area (TPSA) is 73.9 Å². The summed E-state index contributed by atoms with van der Waals surface area (Å²) in [5.74, 6) is -0.431. The Labute approximate surface area is 132 Å². The largest absolute Gasteiger partial charge is 0.461 e. The minimum absolute atomic E-state index is 0.0908. The van der Waals surface area contributed by atoms with Crippen molar-refractivity contribution in [2.75, 3.05) is 6.61 Å². The van der Waals surface area contributed by atoms with Crippen molar-refractivity contribution in [3.8, 4) is 0 Å². The van der Waals surface area contributed by atoms with Crippen LogP contribution in [0.2, 0.25) is 0 Å². The van der Waals surface area contributed by atoms with Crippen molar-refractivity contribution in [2.24, 2.45) is 0 Å². The quantitative estimate of drug-likeness (QED) is 0.811. The molecule has 0 saturated carbocycles. The van der Waals surface area contributed by atoms with E-state index in [-0.39, 0.29) is 12.2 Å². The Morgan fingerprint density at radius 2 is 2.09 bits per heavy atom. The number of carbonyl (C=O) groups is 2. The molecule has 1 fully saturated rings. The summed E-state index contributed by atoms with van der Waals surface area (Å²) in [5, 5.41) is 2.57. The van der Waals surface area contributed by atoms with Gasteiger partial charge in [-0.15, -0.1) is 0 Å². The van der Waals surface area contributed by atoms with Crippen LogP contribution in [0.4, 0.5) is 4.79 Å². The van der Waals surface area contributed by atoms with Crippen molar-refractivity contribution >= 4 is 12.1 Å². The monoisotopic (exact) mass is 315 g/mol. The number of rotatable bonds is 3. The molecule has 2 unspecified atom stereocenters. The maximum absolute atomic E-state index is 12.1. The number of amides is 1. The number of hydrogen-bond acceptors (Lipinski definition) is 5. The summed E-state index contributed by atoms with van der Waals surface area (Å²) in [5.41, 5.74) is -0.609. The molecule has 1 aliphatic rings. The van der Waals surface area contributed by atoms with E-state index in [0.717, 1.165) is 12.8 Å². The highest BCUT2D eigenvalue weighted by Gasteiger charge is 2.29. The van der Waals surface area contributed by atoms with Crippen LogP contribution in [0.25, 0.3) is 0 Å². The lowest BCUT2D eigenvalue weighted by Crippen LogP contribution is -2.45. The van der Waals surface area contributed by atoms with Crippen molar-refractivity contribution in [1.82, 2.24) is 5.32 Å². The lowest BCUT2D eigenvalue weighted by atomic mass is 10.1. The summed E-state index contributed by atoms with van der Waals surface area (Å²) in [4.78, 5) is 24.0. The van der Waals surface area contributed by atoms with Crippen LogP contribution >= 0.6 is 0 Å². The number of alkyl carbamates (subject to hydrolysis) is 1. The van der Waals surface area contributed by atoms with Gasteiger partial charge in [0.2, 0.25) is 0 Å². The lowest BCUT2D eigenvalue weighted by Gasteiger charge is -2.23. The van der Waals surface area contributed by atoms with Crippen LogP contribution in [-0.2, 0) is 19.0 Å². The normalized spacial score (nSPS) is 27.1. The van der Waals surface area contributed by atoms with Gasteiger partial charge in [-0.1, -0.05) is 13.3 Å². The van der Waals surface area contributed by atoms with Gasteiger partial charge in [-0.05, 0) is 34.1 Å². The highest BCUT2D eigenvalue weighted by molar-refractivity contribution is 5.81. The number of ether oxygens (including phenoxy) is 3. The van der Waals surface area contributed by atoms with Crippen molar-refractivity contribution in [1.29, 1.82) is 0 Å². The fourth-order valence-corrected chi connectivity index (χ4v) is 2.34. The van der Waals surface area contributed by atoms with Gasteiger partial charge < -0.3 is 19.5 Å². The molecule has 1 saturated heterocycles. The Morgan fingerprint density at radius 1 is 1.41 bits per heavy atom. The Balaban J connectivity index is 2.63. The van der Waals surface area contributed by atoms with Crippen molar-refractivity contribution in [2.45, 2.75) is 84.2 Å². The van der Waals surface area contributed by atoms with Crippen LogP contribution in [0.3, 0.4) is 0 Å². The molecule has 3 atom stereocenters. The summed E-state index contributed by atoms with van der Waals surface area (Å²) in [7, 11) is 0. The van der Waals surface area contributed by atoms with Crippen LogP contribution in [0.1, 0.15) is 60.3 Å². The van der Waals surface area contributed by atoms with Gasteiger partial charge in [0, 0.05) is 19.4 Å². The second-order valence-corrected chi connectivity index (χ2v) is 6.75. The van der Waals surface area contributed by atoms with Crippen LogP contribution in [0.5, 0.6) is 0 Å². The molecule has 128 valence electrons. The number of cyclic esters (lactones) is 1. The van der Waals surface area contributed by atoms with Gasteiger partial charge in [0.05, 0.1) is 6.10 Å². The Kier molecular flexibility index (Phi) is 7.13. The second kappa shape index (κ2) is 8.36. The number of carbonyl (C=O) groups excluding carboxylic acids is 2. The molecule has 1 amide bonds. The summed E-state index contributed by atoms with van der Waals surface area (Å²) < 4.78 is 16.4. The molecule has 0 aromatic carbocycles. The summed E-state index contributed by atoms with van der Waals surface area (Å²) in [6.07, 6.45) is 2.25. The summed E-state index contributed by atoms with van der Waals surface area (Å²) >= 11 is 0. The van der Waals surface area contributed by atoms with Crippen molar-refractivity contribution in [3.63, 3.8) is 0 Å². The molecule has 1 rings (SSSR count). The smallest absolute Gasteiger partial charge is 0.408 e. The SMILES string of the molecule is CCCC1CC(C)OC(=O)[C@@H](NC(=O)OC(C)(C)C)CCO1. The fourth-order valence-electron chi connectivity index (χ4n) is 2.34. The van der Waals surface area contributed by atoms with E-state index in [4.69, 9.17) is 14.2 Å². The van der Waals surface area contributed by atoms with Crippen molar-refractivity contribution in [3.05, 3.63) is 0 Å². The van der Waals surface area contributed by atoms with E-state index in [1.54, 1.807) is 20.8 Å². The van der Waals surface area contributed by atoms with Crippen LogP contribution < -0.4 is 5.32 Å². The first-order chi connectivity index (χ1) is 10.2. The summed E-state index contributed by atoms with van der Waals surface area (Å²) in [6, 6.07) is -0.738. The third-order valence-electron chi connectivity index (χ3n) is 3.26. The predicted molar refractivity (Wildman–Crippen MR) is 82.6 cm³/mol. The molecule has 1 aliphatic heterocycles. The molecular formula is C16H29NO5. The molecule has 0 aromatic rings. The van der Waals surface area contributed by atoms with E-state index in [1.165, 1.54) is 0 Å². The molecule has 0 aliphatic carbocycles. The maximum Gasteiger partial charge on any atom is 0.408 e. The molecule has 6 nitrogen and oxygen atoms in total. The van der Waals surface area contributed by atoms with E-state index in [2.05, 4.69) is 12.2 Å². The van der Waals surface area contributed by atoms with Crippen LogP contribution in [0, 0.1) is 0 Å². The molecule has 1 N–H and O–H groups in total. The molecular weight excluding hydrogens is 286 g/mol. The van der Waals surface area contributed by atoms with Crippen LogP contribution in [0.15, 0.2) is 0 Å². The van der Waals surface area contributed by atoms with Gasteiger partial charge in [-0.2, -0.15) is 0 Å². The zero-order chi connectivity index (χ0) is 16.8. The van der Waals surface area contributed by atoms with Gasteiger partial charge in [0.25, 0.3) is 0 Å². The first kappa shape index (κ1) is 18.7. The lowest BCUT2D eigenvalue weighted by molar-refractivity contribution is -0.151. The minimum atomic E-state index is -0.738. The van der Waals surface area contributed by atoms with Gasteiger partial charge in [0.1, 0.15) is 17.7 Å². The first-order valence-corrected chi connectivity index (χ1v) is 8.03. The number of nitrogens with one attached hydrogen (secondary N) is 1. The summed E-state index contributed by atoms with van der Waals surface area (Å²) in [6.45, 7) is 9.67. The van der Waals surface area contributed by atoms with E-state index in [9.17, 15) is 9.59 Å². The minimum Gasteiger partial charge on any atom is -0.461 e. The highest BCUT2D eigenvalue weighted by Crippen LogP contribution is 2.16. The zero-order valence-electron chi connectivity index (χ0n) is 14.3. The van der Waals surface area contributed by atoms with Crippen LogP contribution in [-0.4, -0.2) is 42.5 Å². The Bertz CT molecular complexity index is 377. The molecule has 0 aromatic heterocycles. The zero-order valence-corrected chi connectivity index (χ0v) is 14.3. The highest BCUT2D eigenvalue weighted by atomic mass is 16.6. The molecule has 1 heterocycles. The average molecular weight is 315 g/mol. The molecule has 0 spiro atoms. The molecule has 22 heavy (non-hydrogen) atoms. The average Bonchev–Trinajstić information content (AvgIpc) is 2.39. The Morgan fingerprint density at radius 3 is 2.68 bits per heavy atom. The third kappa shape index (κ3) is 7.11. The first-order valence-electron chi connectivity index (χ1n) is 8.03. The molecule has 0 bridgehead atoms. The maximum atomic E-state index is 12.1. The van der Waals surface area contributed by atoms with E-state index in [0.29, 0.717) is 19.4 Å². The van der Waals surface area contributed by atoms with Gasteiger partial charge in [-0.25, -0.2) is 9.59 Å². The van der Waals surface area contributed by atoms with E-state index >= 15 is 0 Å². The number of esters is 1. The Hall–Kier alpha value is -1.30. The van der Waals surface area contributed by atoms with Gasteiger partial charge >= 0.3 is 12.1 Å². The van der Waals surface area contributed by atoms with Gasteiger partial charge in [-0.3, -0.25) is 0 Å².